The van der Waals surface area contributed by atoms with Crippen LogP contribution in [0.1, 0.15) is 6.92 Å². The molecule has 2 amide bonds. The van der Waals surface area contributed by atoms with Gasteiger partial charge in [0.15, 0.2) is 0 Å². The van der Waals surface area contributed by atoms with E-state index in [9.17, 15) is 9.59 Å². The van der Waals surface area contributed by atoms with Gasteiger partial charge < -0.3 is 9.84 Å². The molecule has 1 rings (SSSR count). The van der Waals surface area contributed by atoms with Crippen molar-refractivity contribution in [3.63, 3.8) is 0 Å². The molecule has 0 aliphatic carbocycles. The standard InChI is InChI=1S/C8H11NO4/c1-6(13-5-4-10)9-7(11)2-3-8(9)12/h2-3,6,10H,4-5H2,1H3. The summed E-state index contributed by atoms with van der Waals surface area (Å²) in [6, 6.07) is 0. The third kappa shape index (κ3) is 2.13. The van der Waals surface area contributed by atoms with Crippen LogP contribution in [0.15, 0.2) is 12.2 Å². The first-order valence-corrected chi connectivity index (χ1v) is 3.94. The first-order chi connectivity index (χ1) is 6.16. The Labute approximate surface area is 75.6 Å². The quantitative estimate of drug-likeness (QED) is 0.586. The number of amides is 2. The highest BCUT2D eigenvalue weighted by molar-refractivity contribution is 6.13. The van der Waals surface area contributed by atoms with Crippen molar-refractivity contribution >= 4 is 11.8 Å². The molecule has 0 aromatic carbocycles. The van der Waals surface area contributed by atoms with E-state index in [1.165, 1.54) is 12.2 Å². The highest BCUT2D eigenvalue weighted by atomic mass is 16.5. The molecule has 0 saturated heterocycles. The van der Waals surface area contributed by atoms with Crippen LogP contribution in [0.4, 0.5) is 0 Å². The number of carbonyl (C=O) groups is 2. The van der Waals surface area contributed by atoms with Crippen molar-refractivity contribution < 1.29 is 19.4 Å². The van der Waals surface area contributed by atoms with Crippen molar-refractivity contribution in [2.75, 3.05) is 13.2 Å². The third-order valence-corrected chi connectivity index (χ3v) is 1.66. The van der Waals surface area contributed by atoms with Crippen molar-refractivity contribution in [1.82, 2.24) is 4.90 Å². The van der Waals surface area contributed by atoms with Gasteiger partial charge >= 0.3 is 0 Å². The first-order valence-electron chi connectivity index (χ1n) is 3.94. The average Bonchev–Trinajstić information content (AvgIpc) is 2.42. The first kappa shape index (κ1) is 9.88. The summed E-state index contributed by atoms with van der Waals surface area (Å²) < 4.78 is 5.01. The molecule has 13 heavy (non-hydrogen) atoms. The Morgan fingerprint density at radius 1 is 1.46 bits per heavy atom. The van der Waals surface area contributed by atoms with E-state index in [-0.39, 0.29) is 25.0 Å². The fourth-order valence-electron chi connectivity index (χ4n) is 1.07. The Balaban J connectivity index is 2.51. The molecular weight excluding hydrogens is 174 g/mol. The lowest BCUT2D eigenvalue weighted by Gasteiger charge is -2.21. The lowest BCUT2D eigenvalue weighted by Crippen LogP contribution is -2.40. The molecule has 0 bridgehead atoms. The molecule has 0 aromatic heterocycles. The van der Waals surface area contributed by atoms with Crippen molar-refractivity contribution in [3.05, 3.63) is 12.2 Å². The summed E-state index contributed by atoms with van der Waals surface area (Å²) in [5.41, 5.74) is 0. The molecule has 0 fully saturated rings. The van der Waals surface area contributed by atoms with E-state index < -0.39 is 6.23 Å². The summed E-state index contributed by atoms with van der Waals surface area (Å²) in [5.74, 6) is -0.758. The van der Waals surface area contributed by atoms with Gasteiger partial charge in [0.1, 0.15) is 6.23 Å². The Morgan fingerprint density at radius 2 is 2.00 bits per heavy atom. The Kier molecular flexibility index (Phi) is 3.16. The predicted molar refractivity (Wildman–Crippen MR) is 43.5 cm³/mol. The minimum Gasteiger partial charge on any atom is -0.394 e. The maximum atomic E-state index is 11.1. The molecule has 0 saturated carbocycles. The number of ether oxygens (including phenoxy) is 1. The van der Waals surface area contributed by atoms with Crippen LogP contribution >= 0.6 is 0 Å². The second-order valence-corrected chi connectivity index (χ2v) is 2.57. The Bertz CT molecular complexity index is 231. The van der Waals surface area contributed by atoms with E-state index in [4.69, 9.17) is 9.84 Å². The molecule has 1 aliphatic rings. The van der Waals surface area contributed by atoms with Crippen molar-refractivity contribution in [3.8, 4) is 0 Å². The molecule has 0 aromatic rings. The lowest BCUT2D eigenvalue weighted by atomic mass is 10.5. The monoisotopic (exact) mass is 185 g/mol. The summed E-state index contributed by atoms with van der Waals surface area (Å²) in [7, 11) is 0. The second kappa shape index (κ2) is 4.15. The molecule has 1 atom stereocenters. The number of imide groups is 1. The largest absolute Gasteiger partial charge is 0.394 e. The van der Waals surface area contributed by atoms with Crippen LogP contribution in [-0.2, 0) is 14.3 Å². The minimum absolute atomic E-state index is 0.109. The third-order valence-electron chi connectivity index (χ3n) is 1.66. The summed E-state index contributed by atoms with van der Waals surface area (Å²) in [4.78, 5) is 23.1. The molecule has 5 nitrogen and oxygen atoms in total. The van der Waals surface area contributed by atoms with Gasteiger partial charge in [-0.2, -0.15) is 0 Å². The van der Waals surface area contributed by atoms with Crippen LogP contribution in [0.5, 0.6) is 0 Å². The van der Waals surface area contributed by atoms with Gasteiger partial charge in [-0.05, 0) is 6.92 Å². The zero-order valence-corrected chi connectivity index (χ0v) is 7.27. The van der Waals surface area contributed by atoms with E-state index in [0.717, 1.165) is 4.90 Å². The smallest absolute Gasteiger partial charge is 0.255 e. The van der Waals surface area contributed by atoms with Crippen molar-refractivity contribution in [1.29, 1.82) is 0 Å². The van der Waals surface area contributed by atoms with E-state index in [1.54, 1.807) is 6.92 Å². The Morgan fingerprint density at radius 3 is 2.46 bits per heavy atom. The number of hydrogen-bond donors (Lipinski definition) is 1. The lowest BCUT2D eigenvalue weighted by molar-refractivity contribution is -0.151. The van der Waals surface area contributed by atoms with Gasteiger partial charge in [-0.15, -0.1) is 0 Å². The number of rotatable bonds is 4. The number of hydrogen-bond acceptors (Lipinski definition) is 4. The fourth-order valence-corrected chi connectivity index (χ4v) is 1.07. The van der Waals surface area contributed by atoms with E-state index >= 15 is 0 Å². The normalized spacial score (nSPS) is 18.5. The zero-order chi connectivity index (χ0) is 9.84. The van der Waals surface area contributed by atoms with Gasteiger partial charge in [0.2, 0.25) is 0 Å². The van der Waals surface area contributed by atoms with Gasteiger partial charge in [-0.25, -0.2) is 4.90 Å². The second-order valence-electron chi connectivity index (χ2n) is 2.57. The number of aliphatic hydroxyl groups is 1. The summed E-state index contributed by atoms with van der Waals surface area (Å²) >= 11 is 0. The number of aliphatic hydroxyl groups excluding tert-OH is 1. The van der Waals surface area contributed by atoms with E-state index in [1.807, 2.05) is 0 Å². The number of carbonyl (C=O) groups excluding carboxylic acids is 2. The van der Waals surface area contributed by atoms with Gasteiger partial charge in [0.25, 0.3) is 11.8 Å². The van der Waals surface area contributed by atoms with Crippen molar-refractivity contribution in [2.45, 2.75) is 13.2 Å². The molecule has 0 radical (unpaired) electrons. The predicted octanol–water partition coefficient (Wildman–Crippen LogP) is -0.734. The van der Waals surface area contributed by atoms with Crippen LogP contribution < -0.4 is 0 Å². The van der Waals surface area contributed by atoms with Gasteiger partial charge in [-0.3, -0.25) is 9.59 Å². The average molecular weight is 185 g/mol. The highest BCUT2D eigenvalue weighted by Gasteiger charge is 2.28. The molecule has 5 heteroatoms. The molecule has 1 heterocycles. The highest BCUT2D eigenvalue weighted by Crippen LogP contribution is 2.09. The van der Waals surface area contributed by atoms with Crippen LogP contribution in [0.2, 0.25) is 0 Å². The van der Waals surface area contributed by atoms with Crippen LogP contribution in [0.3, 0.4) is 0 Å². The summed E-state index contributed by atoms with van der Waals surface area (Å²) in [5, 5.41) is 8.46. The Hall–Kier alpha value is -1.20. The maximum absolute atomic E-state index is 11.1. The van der Waals surface area contributed by atoms with Crippen LogP contribution in [-0.4, -0.2) is 41.3 Å². The molecule has 1 aliphatic heterocycles. The summed E-state index contributed by atoms with van der Waals surface area (Å²) in [6.07, 6.45) is 1.77. The van der Waals surface area contributed by atoms with E-state index in [0.29, 0.717) is 0 Å². The topological polar surface area (TPSA) is 66.8 Å². The minimum atomic E-state index is -0.623. The van der Waals surface area contributed by atoms with Crippen molar-refractivity contribution in [2.24, 2.45) is 0 Å². The molecule has 0 spiro atoms. The zero-order valence-electron chi connectivity index (χ0n) is 7.27. The number of nitrogens with zero attached hydrogens (tertiary/aromatic N) is 1. The SMILES string of the molecule is CC(OCCO)N1C(=O)C=CC1=O. The van der Waals surface area contributed by atoms with Gasteiger partial charge in [0, 0.05) is 12.2 Å². The molecule has 72 valence electrons. The fraction of sp³-hybridized carbons (Fsp3) is 0.500. The molecular formula is C8H11NO4. The summed E-state index contributed by atoms with van der Waals surface area (Å²) in [6.45, 7) is 1.56. The van der Waals surface area contributed by atoms with Crippen LogP contribution in [0.25, 0.3) is 0 Å². The maximum Gasteiger partial charge on any atom is 0.255 e. The van der Waals surface area contributed by atoms with Gasteiger partial charge in [0.05, 0.1) is 13.2 Å². The van der Waals surface area contributed by atoms with Crippen LogP contribution in [0, 0.1) is 0 Å². The van der Waals surface area contributed by atoms with E-state index in [2.05, 4.69) is 0 Å². The van der Waals surface area contributed by atoms with Gasteiger partial charge in [-0.1, -0.05) is 0 Å². The molecule has 1 N–H and O–H groups in total. The molecule has 1 unspecified atom stereocenters.